The van der Waals surface area contributed by atoms with Crippen LogP contribution in [0.3, 0.4) is 0 Å². The zero-order valence-corrected chi connectivity index (χ0v) is 23.1. The molecule has 3 aromatic rings. The quantitative estimate of drug-likeness (QED) is 0.115. The first-order chi connectivity index (χ1) is 18.9. The van der Waals surface area contributed by atoms with Crippen molar-refractivity contribution in [2.24, 2.45) is 0 Å². The second-order valence-corrected chi connectivity index (χ2v) is 9.87. The first-order valence-electron chi connectivity index (χ1n) is 13.4. The maximum atomic E-state index is 13.4. The Labute approximate surface area is 234 Å². The molecular weight excluding hydrogens is 514 g/mol. The van der Waals surface area contributed by atoms with Crippen LogP contribution in [0.4, 0.5) is 0 Å². The Bertz CT molecular complexity index is 1320. The van der Waals surface area contributed by atoms with E-state index in [1.807, 2.05) is 49.4 Å². The van der Waals surface area contributed by atoms with Crippen LogP contribution in [-0.4, -0.2) is 41.5 Å². The second kappa shape index (κ2) is 13.3. The molecule has 204 valence electrons. The Hall–Kier alpha value is -3.77. The van der Waals surface area contributed by atoms with Gasteiger partial charge in [-0.1, -0.05) is 67.8 Å². The number of rotatable bonds is 12. The van der Waals surface area contributed by atoms with Crippen molar-refractivity contribution in [3.63, 3.8) is 0 Å². The number of aliphatic hydroxyl groups excluding tert-OH is 1. The Morgan fingerprint density at radius 3 is 2.36 bits per heavy atom. The summed E-state index contributed by atoms with van der Waals surface area (Å²) in [5, 5.41) is 11.8. The molecule has 39 heavy (non-hydrogen) atoms. The van der Waals surface area contributed by atoms with E-state index in [1.165, 1.54) is 4.90 Å². The van der Waals surface area contributed by atoms with Crippen LogP contribution in [0, 0.1) is 0 Å². The molecule has 0 radical (unpaired) electrons. The van der Waals surface area contributed by atoms with Gasteiger partial charge in [-0.2, -0.15) is 0 Å². The molecule has 1 atom stereocenters. The molecule has 3 aromatic carbocycles. The summed E-state index contributed by atoms with van der Waals surface area (Å²) in [5.74, 6) is -0.472. The van der Waals surface area contributed by atoms with Gasteiger partial charge in [-0.25, -0.2) is 0 Å². The lowest BCUT2D eigenvalue weighted by atomic mass is 9.95. The summed E-state index contributed by atoms with van der Waals surface area (Å²) < 4.78 is 11.9. The van der Waals surface area contributed by atoms with Crippen molar-refractivity contribution < 1.29 is 24.2 Å². The molecule has 1 aliphatic rings. The largest absolute Gasteiger partial charge is 0.507 e. The lowest BCUT2D eigenvalue weighted by molar-refractivity contribution is -0.139. The fraction of sp³-hybridized carbons (Fsp3) is 0.312. The fourth-order valence-corrected chi connectivity index (χ4v) is 4.86. The predicted octanol–water partition coefficient (Wildman–Crippen LogP) is 6.97. The molecule has 0 saturated carbocycles. The summed E-state index contributed by atoms with van der Waals surface area (Å²) in [5.41, 5.74) is 2.14. The van der Waals surface area contributed by atoms with Crippen LogP contribution in [-0.2, 0) is 16.0 Å². The van der Waals surface area contributed by atoms with Gasteiger partial charge in [0.2, 0.25) is 0 Å². The Morgan fingerprint density at radius 1 is 0.923 bits per heavy atom. The van der Waals surface area contributed by atoms with Gasteiger partial charge in [-0.05, 0) is 67.3 Å². The summed E-state index contributed by atoms with van der Waals surface area (Å²) in [7, 11) is 0. The van der Waals surface area contributed by atoms with Gasteiger partial charge in [0.25, 0.3) is 11.7 Å². The number of ether oxygens (including phenoxy) is 2. The third kappa shape index (κ3) is 6.63. The van der Waals surface area contributed by atoms with Crippen molar-refractivity contribution in [3.05, 3.63) is 100 Å². The summed E-state index contributed by atoms with van der Waals surface area (Å²) in [4.78, 5) is 28.3. The van der Waals surface area contributed by atoms with Gasteiger partial charge in [0, 0.05) is 17.1 Å². The number of carbonyl (C=O) groups is 2. The maximum absolute atomic E-state index is 13.4. The Morgan fingerprint density at radius 2 is 1.67 bits per heavy atom. The highest BCUT2D eigenvalue weighted by atomic mass is 35.5. The van der Waals surface area contributed by atoms with Crippen molar-refractivity contribution in [2.45, 2.75) is 45.6 Å². The minimum Gasteiger partial charge on any atom is -0.507 e. The molecule has 1 amide bonds. The molecule has 1 saturated heterocycles. The fourth-order valence-electron chi connectivity index (χ4n) is 4.73. The molecule has 1 N–H and O–H groups in total. The van der Waals surface area contributed by atoms with Crippen molar-refractivity contribution in [3.8, 4) is 11.5 Å². The van der Waals surface area contributed by atoms with E-state index >= 15 is 0 Å². The predicted molar refractivity (Wildman–Crippen MR) is 153 cm³/mol. The summed E-state index contributed by atoms with van der Waals surface area (Å²) in [6.07, 6.45) is 3.66. The molecule has 6 nitrogen and oxygen atoms in total. The molecule has 1 heterocycles. The number of hydrogen-bond acceptors (Lipinski definition) is 5. The van der Waals surface area contributed by atoms with Crippen molar-refractivity contribution in [2.75, 3.05) is 19.8 Å². The molecule has 1 aliphatic heterocycles. The molecule has 0 spiro atoms. The highest BCUT2D eigenvalue weighted by Gasteiger charge is 2.46. The zero-order chi connectivity index (χ0) is 27.8. The van der Waals surface area contributed by atoms with Crippen LogP contribution in [0.15, 0.2) is 78.4 Å². The standard InChI is InChI=1S/C32H34ClNO5/c1-3-5-9-20-39-26-17-14-24(21-27(26)38-4-2)29-28(30(35)23-12-15-25(33)16-13-23)31(36)32(37)34(29)19-18-22-10-7-6-8-11-22/h6-8,10-17,21,29,35H,3-5,9,18-20H2,1-2H3/b30-28+. The van der Waals surface area contributed by atoms with E-state index in [0.717, 1.165) is 24.8 Å². The van der Waals surface area contributed by atoms with Crippen LogP contribution in [0.25, 0.3) is 5.76 Å². The number of hydrogen-bond donors (Lipinski definition) is 1. The number of amides is 1. The highest BCUT2D eigenvalue weighted by molar-refractivity contribution is 6.46. The van der Waals surface area contributed by atoms with Crippen LogP contribution in [0.5, 0.6) is 11.5 Å². The average molecular weight is 548 g/mol. The van der Waals surface area contributed by atoms with Gasteiger partial charge in [-0.3, -0.25) is 9.59 Å². The lowest BCUT2D eigenvalue weighted by Crippen LogP contribution is -2.31. The lowest BCUT2D eigenvalue weighted by Gasteiger charge is -2.26. The highest BCUT2D eigenvalue weighted by Crippen LogP contribution is 2.42. The number of nitrogens with zero attached hydrogens (tertiary/aromatic N) is 1. The molecule has 0 aliphatic carbocycles. The average Bonchev–Trinajstić information content (AvgIpc) is 3.20. The smallest absolute Gasteiger partial charge is 0.295 e. The number of ketones is 1. The third-order valence-corrected chi connectivity index (χ3v) is 6.98. The van der Waals surface area contributed by atoms with Gasteiger partial charge in [-0.15, -0.1) is 0 Å². The van der Waals surface area contributed by atoms with Gasteiger partial charge in [0.1, 0.15) is 5.76 Å². The first kappa shape index (κ1) is 28.2. The van der Waals surface area contributed by atoms with E-state index in [0.29, 0.717) is 53.8 Å². The molecular formula is C32H34ClNO5. The molecule has 0 aromatic heterocycles. The maximum Gasteiger partial charge on any atom is 0.295 e. The van der Waals surface area contributed by atoms with Gasteiger partial charge < -0.3 is 19.5 Å². The van der Waals surface area contributed by atoms with Crippen molar-refractivity contribution >= 4 is 29.1 Å². The minimum atomic E-state index is -0.794. The molecule has 4 rings (SSSR count). The summed E-state index contributed by atoms with van der Waals surface area (Å²) >= 11 is 6.04. The van der Waals surface area contributed by atoms with Crippen LogP contribution in [0.1, 0.15) is 55.8 Å². The Balaban J connectivity index is 1.76. The van der Waals surface area contributed by atoms with Gasteiger partial charge in [0.15, 0.2) is 11.5 Å². The van der Waals surface area contributed by atoms with E-state index in [9.17, 15) is 14.7 Å². The minimum absolute atomic E-state index is 0.0365. The van der Waals surface area contributed by atoms with Crippen LogP contribution < -0.4 is 9.47 Å². The summed E-state index contributed by atoms with van der Waals surface area (Å²) in [6, 6.07) is 21.0. The number of aliphatic hydroxyl groups is 1. The normalized spacial score (nSPS) is 16.5. The molecule has 1 unspecified atom stereocenters. The SMILES string of the molecule is CCCCCOc1ccc(C2/C(=C(\O)c3ccc(Cl)cc3)C(=O)C(=O)N2CCc2ccccc2)cc1OCC. The van der Waals surface area contributed by atoms with Crippen LogP contribution in [0.2, 0.25) is 5.02 Å². The van der Waals surface area contributed by atoms with Gasteiger partial charge in [0.05, 0.1) is 24.8 Å². The topological polar surface area (TPSA) is 76.1 Å². The second-order valence-electron chi connectivity index (χ2n) is 9.43. The monoisotopic (exact) mass is 547 g/mol. The summed E-state index contributed by atoms with van der Waals surface area (Å²) in [6.45, 7) is 5.32. The van der Waals surface area contributed by atoms with E-state index < -0.39 is 17.7 Å². The third-order valence-electron chi connectivity index (χ3n) is 6.73. The van der Waals surface area contributed by atoms with Gasteiger partial charge >= 0.3 is 0 Å². The van der Waals surface area contributed by atoms with Crippen molar-refractivity contribution in [1.82, 2.24) is 4.90 Å². The zero-order valence-electron chi connectivity index (χ0n) is 22.4. The molecule has 7 heteroatoms. The number of halogens is 1. The number of likely N-dealkylation sites (tertiary alicyclic amines) is 1. The first-order valence-corrected chi connectivity index (χ1v) is 13.8. The van der Waals surface area contributed by atoms with Crippen molar-refractivity contribution in [1.29, 1.82) is 0 Å². The van der Waals surface area contributed by atoms with E-state index in [-0.39, 0.29) is 11.3 Å². The van der Waals surface area contributed by atoms with E-state index in [2.05, 4.69) is 6.92 Å². The molecule has 1 fully saturated rings. The number of carbonyl (C=O) groups excluding carboxylic acids is 2. The molecule has 0 bridgehead atoms. The van der Waals surface area contributed by atoms with E-state index in [1.54, 1.807) is 30.3 Å². The Kier molecular flexibility index (Phi) is 9.66. The van der Waals surface area contributed by atoms with Crippen LogP contribution >= 0.6 is 11.6 Å². The number of benzene rings is 3. The number of unbranched alkanes of at least 4 members (excludes halogenated alkanes) is 2. The number of Topliss-reactive ketones (excluding diaryl/α,β-unsaturated/α-hetero) is 1. The van der Waals surface area contributed by atoms with E-state index in [4.69, 9.17) is 21.1 Å².